The average molecular weight is 275 g/mol. The number of ether oxygens (including phenoxy) is 3. The molecule has 19 heavy (non-hydrogen) atoms. The average Bonchev–Trinajstić information content (AvgIpc) is 2.29. The van der Waals surface area contributed by atoms with Gasteiger partial charge < -0.3 is 19.5 Å². The molecule has 0 amide bonds. The van der Waals surface area contributed by atoms with Crippen molar-refractivity contribution in [3.63, 3.8) is 0 Å². The second-order valence-corrected chi connectivity index (χ2v) is 5.76. The zero-order chi connectivity index (χ0) is 14.9. The van der Waals surface area contributed by atoms with Crippen molar-refractivity contribution < 1.29 is 19.0 Å². The van der Waals surface area contributed by atoms with Gasteiger partial charge in [-0.25, -0.2) is 0 Å². The molecule has 0 saturated carbocycles. The lowest BCUT2D eigenvalue weighted by atomic mass is 10.2. The fraction of sp³-hybridized carbons (Fsp3) is 0.929. The highest BCUT2D eigenvalue weighted by atomic mass is 16.5. The van der Waals surface area contributed by atoms with Crippen LogP contribution in [-0.2, 0) is 19.0 Å². The highest BCUT2D eigenvalue weighted by Gasteiger charge is 2.19. The molecule has 0 rings (SSSR count). The molecular weight excluding hydrogens is 246 g/mol. The fourth-order valence-corrected chi connectivity index (χ4v) is 1.52. The van der Waals surface area contributed by atoms with Crippen molar-refractivity contribution in [2.24, 2.45) is 0 Å². The van der Waals surface area contributed by atoms with E-state index >= 15 is 0 Å². The summed E-state index contributed by atoms with van der Waals surface area (Å²) in [6, 6.07) is -0.0816. The Morgan fingerprint density at radius 1 is 1.16 bits per heavy atom. The van der Waals surface area contributed by atoms with Crippen molar-refractivity contribution in [3.8, 4) is 0 Å². The van der Waals surface area contributed by atoms with E-state index in [1.807, 2.05) is 34.6 Å². The minimum Gasteiger partial charge on any atom is -0.468 e. The molecule has 114 valence electrons. The smallest absolute Gasteiger partial charge is 0.322 e. The number of methoxy groups -OCH3 is 1. The maximum Gasteiger partial charge on any atom is 0.322 e. The molecule has 0 aliphatic rings. The van der Waals surface area contributed by atoms with Gasteiger partial charge in [-0.05, 0) is 27.2 Å². The molecule has 0 bridgehead atoms. The van der Waals surface area contributed by atoms with Crippen LogP contribution in [0, 0.1) is 0 Å². The largest absolute Gasteiger partial charge is 0.468 e. The van der Waals surface area contributed by atoms with Crippen LogP contribution >= 0.6 is 0 Å². The Labute approximate surface area is 117 Å². The maximum atomic E-state index is 11.5. The minimum atomic E-state index is -0.312. The number of hydrogen-bond donors (Lipinski definition) is 1. The van der Waals surface area contributed by atoms with E-state index in [4.69, 9.17) is 14.2 Å². The molecule has 1 N–H and O–H groups in total. The van der Waals surface area contributed by atoms with Crippen molar-refractivity contribution in [1.29, 1.82) is 0 Å². The number of esters is 1. The van der Waals surface area contributed by atoms with Gasteiger partial charge in [0.15, 0.2) is 0 Å². The van der Waals surface area contributed by atoms with Crippen molar-refractivity contribution in [2.45, 2.75) is 58.7 Å². The van der Waals surface area contributed by atoms with Crippen molar-refractivity contribution in [2.75, 3.05) is 26.9 Å². The minimum absolute atomic E-state index is 0.142. The first-order chi connectivity index (χ1) is 8.76. The van der Waals surface area contributed by atoms with Crippen LogP contribution in [0.3, 0.4) is 0 Å². The van der Waals surface area contributed by atoms with Crippen LogP contribution in [-0.4, -0.2) is 50.6 Å². The molecule has 0 aromatic carbocycles. The summed E-state index contributed by atoms with van der Waals surface area (Å²) in [6.45, 7) is 11.6. The van der Waals surface area contributed by atoms with Gasteiger partial charge in [-0.3, -0.25) is 4.79 Å². The lowest BCUT2D eigenvalue weighted by molar-refractivity contribution is -0.143. The summed E-state index contributed by atoms with van der Waals surface area (Å²) in [5.41, 5.74) is -0.142. The highest BCUT2D eigenvalue weighted by molar-refractivity contribution is 5.75. The molecule has 5 heteroatoms. The summed E-state index contributed by atoms with van der Waals surface area (Å²) in [5.74, 6) is -0.247. The number of carbonyl (C=O) groups is 1. The van der Waals surface area contributed by atoms with Gasteiger partial charge in [0, 0.05) is 12.6 Å². The summed E-state index contributed by atoms with van der Waals surface area (Å²) in [4.78, 5) is 11.5. The normalized spacial score (nSPS) is 13.6. The monoisotopic (exact) mass is 275 g/mol. The Kier molecular flexibility index (Phi) is 8.97. The van der Waals surface area contributed by atoms with Crippen LogP contribution in [0.2, 0.25) is 0 Å². The molecule has 1 atom stereocenters. The second kappa shape index (κ2) is 9.28. The molecule has 0 saturated heterocycles. The third-order valence-electron chi connectivity index (χ3n) is 2.33. The van der Waals surface area contributed by atoms with Gasteiger partial charge in [-0.1, -0.05) is 13.8 Å². The van der Waals surface area contributed by atoms with Crippen LogP contribution in [0.15, 0.2) is 0 Å². The molecule has 0 heterocycles. The van der Waals surface area contributed by atoms with Crippen LogP contribution in [0.5, 0.6) is 0 Å². The SMILES string of the molecule is COC(=O)C(CCOCCOC(C)(C)C)NC(C)C. The molecule has 0 aliphatic heterocycles. The first-order valence-corrected chi connectivity index (χ1v) is 6.82. The van der Waals surface area contributed by atoms with Gasteiger partial charge in [-0.15, -0.1) is 0 Å². The summed E-state index contributed by atoms with van der Waals surface area (Å²) in [5, 5.41) is 3.16. The Balaban J connectivity index is 3.78. The first-order valence-electron chi connectivity index (χ1n) is 6.82. The highest BCUT2D eigenvalue weighted by Crippen LogP contribution is 2.05. The van der Waals surface area contributed by atoms with Gasteiger partial charge in [0.1, 0.15) is 6.04 Å². The molecular formula is C14H29NO4. The van der Waals surface area contributed by atoms with E-state index in [0.717, 1.165) is 0 Å². The summed E-state index contributed by atoms with van der Waals surface area (Å²) < 4.78 is 15.8. The zero-order valence-electron chi connectivity index (χ0n) is 13.1. The lowest BCUT2D eigenvalue weighted by Gasteiger charge is -2.20. The van der Waals surface area contributed by atoms with Gasteiger partial charge in [-0.2, -0.15) is 0 Å². The Morgan fingerprint density at radius 2 is 1.79 bits per heavy atom. The van der Waals surface area contributed by atoms with E-state index in [0.29, 0.717) is 26.2 Å². The van der Waals surface area contributed by atoms with Crippen LogP contribution in [0.4, 0.5) is 0 Å². The summed E-state index contributed by atoms with van der Waals surface area (Å²) in [6.07, 6.45) is 0.598. The van der Waals surface area contributed by atoms with E-state index in [1.54, 1.807) is 0 Å². The van der Waals surface area contributed by atoms with Gasteiger partial charge in [0.2, 0.25) is 0 Å². The standard InChI is InChI=1S/C14H29NO4/c1-11(2)15-12(13(16)17-6)7-8-18-9-10-19-14(3,4)5/h11-12,15H,7-10H2,1-6H3. The second-order valence-electron chi connectivity index (χ2n) is 5.76. The third kappa shape index (κ3) is 10.9. The first kappa shape index (κ1) is 18.4. The molecule has 0 aliphatic carbocycles. The Morgan fingerprint density at radius 3 is 2.26 bits per heavy atom. The molecule has 0 radical (unpaired) electrons. The van der Waals surface area contributed by atoms with E-state index in [2.05, 4.69) is 5.32 Å². The molecule has 1 unspecified atom stereocenters. The van der Waals surface area contributed by atoms with E-state index in [-0.39, 0.29) is 23.7 Å². The van der Waals surface area contributed by atoms with Crippen LogP contribution in [0.25, 0.3) is 0 Å². The van der Waals surface area contributed by atoms with Crippen LogP contribution < -0.4 is 5.32 Å². The molecule has 0 aromatic heterocycles. The summed E-state index contributed by atoms with van der Waals surface area (Å²) >= 11 is 0. The van der Waals surface area contributed by atoms with Crippen molar-refractivity contribution in [3.05, 3.63) is 0 Å². The maximum absolute atomic E-state index is 11.5. The van der Waals surface area contributed by atoms with Crippen LogP contribution in [0.1, 0.15) is 41.0 Å². The van der Waals surface area contributed by atoms with Gasteiger partial charge in [0.05, 0.1) is 25.9 Å². The van der Waals surface area contributed by atoms with Crippen molar-refractivity contribution in [1.82, 2.24) is 5.32 Å². The van der Waals surface area contributed by atoms with E-state index in [9.17, 15) is 4.79 Å². The lowest BCUT2D eigenvalue weighted by Crippen LogP contribution is -2.42. The topological polar surface area (TPSA) is 56.8 Å². The molecule has 0 aromatic rings. The number of hydrogen-bond acceptors (Lipinski definition) is 5. The summed E-state index contributed by atoms with van der Waals surface area (Å²) in [7, 11) is 1.40. The number of carbonyl (C=O) groups excluding carboxylic acids is 1. The van der Waals surface area contributed by atoms with Gasteiger partial charge >= 0.3 is 5.97 Å². The Bertz CT molecular complexity index is 248. The predicted octanol–water partition coefficient (Wildman–Crippen LogP) is 1.75. The number of rotatable bonds is 9. The van der Waals surface area contributed by atoms with Gasteiger partial charge in [0.25, 0.3) is 0 Å². The molecule has 0 fully saturated rings. The molecule has 5 nitrogen and oxygen atoms in total. The molecule has 0 spiro atoms. The zero-order valence-corrected chi connectivity index (χ0v) is 13.1. The fourth-order valence-electron chi connectivity index (χ4n) is 1.52. The van der Waals surface area contributed by atoms with E-state index in [1.165, 1.54) is 7.11 Å². The Hall–Kier alpha value is -0.650. The predicted molar refractivity (Wildman–Crippen MR) is 75.2 cm³/mol. The number of nitrogens with one attached hydrogen (secondary N) is 1. The quantitative estimate of drug-likeness (QED) is 0.513. The third-order valence-corrected chi connectivity index (χ3v) is 2.33. The van der Waals surface area contributed by atoms with E-state index < -0.39 is 0 Å². The van der Waals surface area contributed by atoms with Crippen molar-refractivity contribution >= 4 is 5.97 Å².